The van der Waals surface area contributed by atoms with Crippen molar-refractivity contribution < 1.29 is 26.7 Å². The lowest BCUT2D eigenvalue weighted by molar-refractivity contribution is -0.138. The fourth-order valence-corrected chi connectivity index (χ4v) is 3.77. The Morgan fingerprint density at radius 2 is 2.03 bits per heavy atom. The molecule has 5 rings (SSSR count). The van der Waals surface area contributed by atoms with Crippen molar-refractivity contribution in [3.8, 4) is 11.1 Å². The van der Waals surface area contributed by atoms with Crippen LogP contribution in [0.1, 0.15) is 17.5 Å². The van der Waals surface area contributed by atoms with Crippen LogP contribution in [0.4, 0.5) is 27.8 Å². The first-order chi connectivity index (χ1) is 14.6. The average Bonchev–Trinajstić information content (AvgIpc) is 3.07. The molecule has 1 aliphatic rings. The number of carbonyl (C=O) groups is 1. The summed E-state index contributed by atoms with van der Waals surface area (Å²) in [5.74, 6) is -2.29. The quantitative estimate of drug-likeness (QED) is 0.461. The second-order valence-electron chi connectivity index (χ2n) is 7.50. The highest BCUT2D eigenvalue weighted by atomic mass is 19.4. The lowest BCUT2D eigenvalue weighted by atomic mass is 9.94. The highest BCUT2D eigenvalue weighted by Gasteiger charge is 2.44. The Morgan fingerprint density at radius 3 is 2.71 bits per heavy atom. The molecule has 1 aromatic carbocycles. The van der Waals surface area contributed by atoms with Crippen molar-refractivity contribution in [1.29, 1.82) is 0 Å². The van der Waals surface area contributed by atoms with Crippen LogP contribution in [-0.2, 0) is 11.0 Å². The van der Waals surface area contributed by atoms with Gasteiger partial charge in [-0.2, -0.15) is 18.3 Å². The van der Waals surface area contributed by atoms with Crippen molar-refractivity contribution in [1.82, 2.24) is 19.6 Å². The number of aromatic amines is 1. The highest BCUT2D eigenvalue weighted by Crippen LogP contribution is 2.42. The molecule has 2 atom stereocenters. The van der Waals surface area contributed by atoms with Crippen molar-refractivity contribution in [2.24, 2.45) is 5.92 Å². The Bertz CT molecular complexity index is 1360. The largest absolute Gasteiger partial charge is 0.421 e. The minimum absolute atomic E-state index is 0.127. The van der Waals surface area contributed by atoms with Gasteiger partial charge in [-0.05, 0) is 42.2 Å². The van der Waals surface area contributed by atoms with Crippen LogP contribution in [0.25, 0.3) is 27.7 Å². The molecule has 31 heavy (non-hydrogen) atoms. The third-order valence-electron chi connectivity index (χ3n) is 5.41. The molecule has 0 spiro atoms. The van der Waals surface area contributed by atoms with Crippen LogP contribution in [0.3, 0.4) is 0 Å². The fourth-order valence-electron chi connectivity index (χ4n) is 3.77. The standard InChI is InChI=1S/C20H14F5N5O/c1-8-15(11-5-26-29-18(11)16(17(8)22)20(23,24)25)9-2-3-14-27-13(7-30(14)6-9)28-19(31)10-4-12(10)21/h2-3,5-7,10,12H,4H2,1H3,(H,26,29)(H,28,31)/t10-,12+/m1/s1. The van der Waals surface area contributed by atoms with Gasteiger partial charge in [0.1, 0.15) is 23.2 Å². The third-order valence-corrected chi connectivity index (χ3v) is 5.41. The van der Waals surface area contributed by atoms with Gasteiger partial charge in [-0.15, -0.1) is 0 Å². The van der Waals surface area contributed by atoms with E-state index in [9.17, 15) is 26.7 Å². The van der Waals surface area contributed by atoms with E-state index < -0.39 is 41.1 Å². The van der Waals surface area contributed by atoms with Gasteiger partial charge in [0.15, 0.2) is 5.82 Å². The lowest BCUT2D eigenvalue weighted by Crippen LogP contribution is -2.15. The van der Waals surface area contributed by atoms with Gasteiger partial charge in [-0.25, -0.2) is 13.8 Å². The van der Waals surface area contributed by atoms with E-state index in [0.717, 1.165) is 0 Å². The molecule has 1 fully saturated rings. The summed E-state index contributed by atoms with van der Waals surface area (Å²) in [5, 5.41) is 8.60. The molecule has 2 N–H and O–H groups in total. The van der Waals surface area contributed by atoms with Crippen LogP contribution in [0.2, 0.25) is 0 Å². The SMILES string of the molecule is Cc1c(F)c(C(F)(F)F)c2[nH]ncc2c1-c1ccc2nc(NC(=O)[C@@H]3C[C@@H]3F)cn2c1. The van der Waals surface area contributed by atoms with E-state index in [2.05, 4.69) is 20.5 Å². The zero-order valence-electron chi connectivity index (χ0n) is 15.9. The van der Waals surface area contributed by atoms with E-state index in [1.807, 2.05) is 0 Å². The molecule has 0 aliphatic heterocycles. The maximum Gasteiger partial charge on any atom is 0.421 e. The summed E-state index contributed by atoms with van der Waals surface area (Å²) in [5.41, 5.74) is -0.855. The molecule has 1 amide bonds. The average molecular weight is 435 g/mol. The number of hydrogen-bond acceptors (Lipinski definition) is 3. The van der Waals surface area contributed by atoms with E-state index in [4.69, 9.17) is 0 Å². The first-order valence-corrected chi connectivity index (χ1v) is 9.31. The Hall–Kier alpha value is -3.50. The van der Waals surface area contributed by atoms with Gasteiger partial charge < -0.3 is 9.72 Å². The molecule has 6 nitrogen and oxygen atoms in total. The Morgan fingerprint density at radius 1 is 1.29 bits per heavy atom. The molecule has 0 bridgehead atoms. The van der Waals surface area contributed by atoms with Gasteiger partial charge >= 0.3 is 6.18 Å². The van der Waals surface area contributed by atoms with Crippen LogP contribution in [0, 0.1) is 18.7 Å². The summed E-state index contributed by atoms with van der Waals surface area (Å²) in [6.45, 7) is 1.28. The second-order valence-corrected chi connectivity index (χ2v) is 7.50. The molecule has 1 saturated carbocycles. The maximum atomic E-state index is 14.8. The Balaban J connectivity index is 1.60. The van der Waals surface area contributed by atoms with Gasteiger partial charge in [0.25, 0.3) is 0 Å². The Labute approximate surface area is 171 Å². The molecule has 11 heteroatoms. The first kappa shape index (κ1) is 19.5. The highest BCUT2D eigenvalue weighted by molar-refractivity contribution is 5.98. The number of rotatable bonds is 3. The number of hydrogen-bond donors (Lipinski definition) is 2. The van der Waals surface area contributed by atoms with Gasteiger partial charge in [-0.1, -0.05) is 0 Å². The minimum Gasteiger partial charge on any atom is -0.309 e. The number of aromatic nitrogens is 4. The zero-order chi connectivity index (χ0) is 22.1. The van der Waals surface area contributed by atoms with E-state index in [1.165, 1.54) is 19.3 Å². The summed E-state index contributed by atoms with van der Waals surface area (Å²) in [6, 6.07) is 3.18. The first-order valence-electron chi connectivity index (χ1n) is 9.31. The van der Waals surface area contributed by atoms with Crippen molar-refractivity contribution >= 4 is 28.3 Å². The number of imidazole rings is 1. The number of benzene rings is 1. The number of amides is 1. The number of nitrogens with one attached hydrogen (secondary N) is 2. The Kier molecular flexibility index (Phi) is 4.08. The van der Waals surface area contributed by atoms with E-state index in [1.54, 1.807) is 22.7 Å². The van der Waals surface area contributed by atoms with Gasteiger partial charge in [0.05, 0.1) is 23.8 Å². The summed E-state index contributed by atoms with van der Waals surface area (Å²) in [7, 11) is 0. The number of carbonyl (C=O) groups excluding carboxylic acids is 1. The molecule has 0 unspecified atom stereocenters. The smallest absolute Gasteiger partial charge is 0.309 e. The molecule has 3 aromatic heterocycles. The molecule has 160 valence electrons. The van der Waals surface area contributed by atoms with Crippen LogP contribution >= 0.6 is 0 Å². The number of H-pyrrole nitrogens is 1. The molecule has 3 heterocycles. The summed E-state index contributed by atoms with van der Waals surface area (Å²) in [4.78, 5) is 16.1. The second kappa shape index (κ2) is 6.50. The molecular weight excluding hydrogens is 421 g/mol. The van der Waals surface area contributed by atoms with Gasteiger partial charge in [0, 0.05) is 11.6 Å². The molecule has 0 saturated heterocycles. The minimum atomic E-state index is -4.89. The van der Waals surface area contributed by atoms with Crippen LogP contribution in [-0.4, -0.2) is 31.7 Å². The zero-order valence-corrected chi connectivity index (χ0v) is 15.9. The molecular formula is C20H14F5N5O. The van der Waals surface area contributed by atoms with E-state index in [-0.39, 0.29) is 28.8 Å². The number of halogens is 5. The van der Waals surface area contributed by atoms with Crippen LogP contribution in [0.5, 0.6) is 0 Å². The predicted molar refractivity (Wildman–Crippen MR) is 102 cm³/mol. The molecule has 1 aliphatic carbocycles. The maximum absolute atomic E-state index is 14.8. The number of alkyl halides is 4. The number of pyridine rings is 1. The number of fused-ring (bicyclic) bond motifs is 2. The normalized spacial score (nSPS) is 18.6. The summed E-state index contributed by atoms with van der Waals surface area (Å²) >= 11 is 0. The van der Waals surface area contributed by atoms with E-state index in [0.29, 0.717) is 11.2 Å². The van der Waals surface area contributed by atoms with Gasteiger partial charge in [0.2, 0.25) is 5.91 Å². The van der Waals surface area contributed by atoms with Crippen molar-refractivity contribution in [3.63, 3.8) is 0 Å². The number of anilines is 1. The van der Waals surface area contributed by atoms with Gasteiger partial charge in [-0.3, -0.25) is 9.89 Å². The van der Waals surface area contributed by atoms with Crippen molar-refractivity contribution in [2.45, 2.75) is 25.7 Å². The third kappa shape index (κ3) is 3.11. The fraction of sp³-hybridized carbons (Fsp3) is 0.250. The predicted octanol–water partition coefficient (Wildman–Crippen LogP) is 4.64. The van der Waals surface area contributed by atoms with Crippen LogP contribution in [0.15, 0.2) is 30.7 Å². The summed E-state index contributed by atoms with van der Waals surface area (Å²) < 4.78 is 69.6. The van der Waals surface area contributed by atoms with E-state index >= 15 is 0 Å². The molecule has 0 radical (unpaired) electrons. The molecule has 4 aromatic rings. The van der Waals surface area contributed by atoms with Crippen LogP contribution < -0.4 is 5.32 Å². The van der Waals surface area contributed by atoms with Crippen molar-refractivity contribution in [2.75, 3.05) is 5.32 Å². The van der Waals surface area contributed by atoms with Crippen molar-refractivity contribution in [3.05, 3.63) is 47.7 Å². The summed E-state index contributed by atoms with van der Waals surface area (Å²) in [6.07, 6.45) is -1.57. The monoisotopic (exact) mass is 435 g/mol. The lowest BCUT2D eigenvalue weighted by Gasteiger charge is -2.15. The topological polar surface area (TPSA) is 75.1 Å². The number of nitrogens with zero attached hydrogens (tertiary/aromatic N) is 3.